The van der Waals surface area contributed by atoms with Gasteiger partial charge in [-0.3, -0.25) is 0 Å². The molecule has 0 aromatic heterocycles. The SMILES string of the molecule is N#Cc1cc2c(cc1Br)OC[C@H](N)C2. The Hall–Kier alpha value is -1.05. The first kappa shape index (κ1) is 9.50. The summed E-state index contributed by atoms with van der Waals surface area (Å²) >= 11 is 3.32. The van der Waals surface area contributed by atoms with Crippen LogP contribution >= 0.6 is 15.9 Å². The summed E-state index contributed by atoms with van der Waals surface area (Å²) in [6.45, 7) is 0.547. The summed E-state index contributed by atoms with van der Waals surface area (Å²) in [5.41, 5.74) is 7.40. The van der Waals surface area contributed by atoms with Crippen LogP contribution in [0.3, 0.4) is 0 Å². The summed E-state index contributed by atoms with van der Waals surface area (Å²) < 4.78 is 6.22. The third kappa shape index (κ3) is 1.61. The van der Waals surface area contributed by atoms with Gasteiger partial charge in [0.2, 0.25) is 0 Å². The maximum atomic E-state index is 8.83. The molecule has 1 aromatic carbocycles. The maximum Gasteiger partial charge on any atom is 0.123 e. The fourth-order valence-corrected chi connectivity index (χ4v) is 1.93. The van der Waals surface area contributed by atoms with Crippen molar-refractivity contribution in [1.82, 2.24) is 0 Å². The first-order valence-electron chi connectivity index (χ1n) is 4.31. The molecular formula is C10H9BrN2O. The van der Waals surface area contributed by atoms with Gasteiger partial charge in [0.1, 0.15) is 18.4 Å². The van der Waals surface area contributed by atoms with Crippen molar-refractivity contribution < 1.29 is 4.74 Å². The Labute approximate surface area is 90.6 Å². The third-order valence-electron chi connectivity index (χ3n) is 2.21. The second kappa shape index (κ2) is 3.60. The van der Waals surface area contributed by atoms with Crippen molar-refractivity contribution in [3.8, 4) is 11.8 Å². The third-order valence-corrected chi connectivity index (χ3v) is 2.86. The van der Waals surface area contributed by atoms with Crippen LogP contribution in [-0.2, 0) is 6.42 Å². The molecule has 2 rings (SSSR count). The number of benzene rings is 1. The average molecular weight is 253 g/mol. The predicted molar refractivity (Wildman–Crippen MR) is 56.0 cm³/mol. The van der Waals surface area contributed by atoms with Gasteiger partial charge in [0.05, 0.1) is 5.56 Å². The summed E-state index contributed by atoms with van der Waals surface area (Å²) in [6.07, 6.45) is 0.775. The molecule has 4 heteroatoms. The molecule has 1 aliphatic rings. The molecule has 1 aromatic rings. The summed E-state index contributed by atoms with van der Waals surface area (Å²) in [6, 6.07) is 5.82. The Balaban J connectivity index is 2.47. The molecule has 72 valence electrons. The number of nitriles is 1. The van der Waals surface area contributed by atoms with Gasteiger partial charge in [-0.05, 0) is 40.0 Å². The highest BCUT2D eigenvalue weighted by atomic mass is 79.9. The first-order chi connectivity index (χ1) is 6.70. The van der Waals surface area contributed by atoms with Gasteiger partial charge in [0.25, 0.3) is 0 Å². The van der Waals surface area contributed by atoms with E-state index in [2.05, 4.69) is 22.0 Å². The van der Waals surface area contributed by atoms with Crippen LogP contribution in [0.2, 0.25) is 0 Å². The fourth-order valence-electron chi connectivity index (χ4n) is 1.52. The number of nitrogens with zero attached hydrogens (tertiary/aromatic N) is 1. The number of halogens is 1. The standard InChI is InChI=1S/C10H9BrN2O/c11-9-3-10-6(1-7(9)4-12)2-8(13)5-14-10/h1,3,8H,2,5,13H2/t8-/m1/s1. The van der Waals surface area contributed by atoms with E-state index in [1.807, 2.05) is 12.1 Å². The van der Waals surface area contributed by atoms with E-state index in [4.69, 9.17) is 15.7 Å². The van der Waals surface area contributed by atoms with E-state index < -0.39 is 0 Å². The van der Waals surface area contributed by atoms with Crippen LogP contribution in [0.25, 0.3) is 0 Å². The van der Waals surface area contributed by atoms with Crippen molar-refractivity contribution >= 4 is 15.9 Å². The molecule has 0 aliphatic carbocycles. The Morgan fingerprint density at radius 1 is 1.57 bits per heavy atom. The van der Waals surface area contributed by atoms with E-state index in [0.29, 0.717) is 12.2 Å². The second-order valence-electron chi connectivity index (χ2n) is 3.33. The van der Waals surface area contributed by atoms with Crippen molar-refractivity contribution in [3.05, 3.63) is 27.7 Å². The lowest BCUT2D eigenvalue weighted by atomic mass is 10.0. The molecule has 1 aliphatic heterocycles. The van der Waals surface area contributed by atoms with Gasteiger partial charge >= 0.3 is 0 Å². The number of ether oxygens (including phenoxy) is 1. The molecule has 0 radical (unpaired) electrons. The molecule has 14 heavy (non-hydrogen) atoms. The Kier molecular flexibility index (Phi) is 2.44. The quantitative estimate of drug-likeness (QED) is 0.763. The van der Waals surface area contributed by atoms with Gasteiger partial charge in [-0.25, -0.2) is 0 Å². The van der Waals surface area contributed by atoms with E-state index in [0.717, 1.165) is 22.2 Å². The number of hydrogen-bond acceptors (Lipinski definition) is 3. The zero-order valence-electron chi connectivity index (χ0n) is 7.46. The Bertz CT molecular complexity index is 411. The van der Waals surface area contributed by atoms with Crippen LogP contribution in [0.15, 0.2) is 16.6 Å². The first-order valence-corrected chi connectivity index (χ1v) is 5.11. The maximum absolute atomic E-state index is 8.83. The molecule has 0 amide bonds. The molecule has 1 heterocycles. The van der Waals surface area contributed by atoms with E-state index in [1.165, 1.54) is 0 Å². The molecule has 1 atom stereocenters. The fraction of sp³-hybridized carbons (Fsp3) is 0.300. The molecule has 0 saturated carbocycles. The van der Waals surface area contributed by atoms with Crippen LogP contribution in [0.1, 0.15) is 11.1 Å². The highest BCUT2D eigenvalue weighted by Gasteiger charge is 2.18. The van der Waals surface area contributed by atoms with Gasteiger partial charge in [0.15, 0.2) is 0 Å². The minimum Gasteiger partial charge on any atom is -0.492 e. The Morgan fingerprint density at radius 2 is 2.36 bits per heavy atom. The van der Waals surface area contributed by atoms with Gasteiger partial charge in [-0.15, -0.1) is 0 Å². The molecule has 0 fully saturated rings. The zero-order chi connectivity index (χ0) is 10.1. The minimum absolute atomic E-state index is 0.0372. The van der Waals surface area contributed by atoms with E-state index in [9.17, 15) is 0 Å². The topological polar surface area (TPSA) is 59.0 Å². The zero-order valence-corrected chi connectivity index (χ0v) is 9.04. The molecule has 0 spiro atoms. The summed E-state index contributed by atoms with van der Waals surface area (Å²) in [5.74, 6) is 0.831. The molecule has 0 unspecified atom stereocenters. The number of rotatable bonds is 0. The van der Waals surface area contributed by atoms with Crippen LogP contribution in [0.4, 0.5) is 0 Å². The lowest BCUT2D eigenvalue weighted by Gasteiger charge is -2.22. The van der Waals surface area contributed by atoms with Crippen molar-refractivity contribution in [2.24, 2.45) is 5.73 Å². The lowest BCUT2D eigenvalue weighted by Crippen LogP contribution is -2.33. The van der Waals surface area contributed by atoms with E-state index in [1.54, 1.807) is 0 Å². The summed E-state index contributed by atoms with van der Waals surface area (Å²) in [4.78, 5) is 0. The van der Waals surface area contributed by atoms with E-state index >= 15 is 0 Å². The highest BCUT2D eigenvalue weighted by Crippen LogP contribution is 2.30. The minimum atomic E-state index is 0.0372. The van der Waals surface area contributed by atoms with Gasteiger partial charge in [-0.2, -0.15) is 5.26 Å². The summed E-state index contributed by atoms with van der Waals surface area (Å²) in [5, 5.41) is 8.83. The molecule has 0 saturated heterocycles. The normalized spacial score (nSPS) is 19.4. The average Bonchev–Trinajstić information content (AvgIpc) is 2.17. The number of hydrogen-bond donors (Lipinski definition) is 1. The van der Waals surface area contributed by atoms with Crippen LogP contribution in [0.5, 0.6) is 5.75 Å². The van der Waals surface area contributed by atoms with Gasteiger partial charge in [-0.1, -0.05) is 0 Å². The molecule has 2 N–H and O–H groups in total. The number of fused-ring (bicyclic) bond motifs is 1. The lowest BCUT2D eigenvalue weighted by molar-refractivity contribution is 0.263. The van der Waals surface area contributed by atoms with Crippen LogP contribution in [-0.4, -0.2) is 12.6 Å². The van der Waals surface area contributed by atoms with Crippen LogP contribution in [0, 0.1) is 11.3 Å². The number of nitrogens with two attached hydrogens (primary N) is 1. The Morgan fingerprint density at radius 3 is 3.07 bits per heavy atom. The van der Waals surface area contributed by atoms with Gasteiger partial charge < -0.3 is 10.5 Å². The highest BCUT2D eigenvalue weighted by molar-refractivity contribution is 9.10. The largest absolute Gasteiger partial charge is 0.492 e. The van der Waals surface area contributed by atoms with Crippen molar-refractivity contribution in [3.63, 3.8) is 0 Å². The van der Waals surface area contributed by atoms with Crippen molar-refractivity contribution in [1.29, 1.82) is 5.26 Å². The van der Waals surface area contributed by atoms with E-state index in [-0.39, 0.29) is 6.04 Å². The molecular weight excluding hydrogens is 244 g/mol. The van der Waals surface area contributed by atoms with Crippen LogP contribution < -0.4 is 10.5 Å². The molecule has 0 bridgehead atoms. The second-order valence-corrected chi connectivity index (χ2v) is 4.18. The monoisotopic (exact) mass is 252 g/mol. The van der Waals surface area contributed by atoms with Gasteiger partial charge in [0, 0.05) is 10.5 Å². The van der Waals surface area contributed by atoms with Crippen molar-refractivity contribution in [2.45, 2.75) is 12.5 Å². The smallest absolute Gasteiger partial charge is 0.123 e. The predicted octanol–water partition coefficient (Wildman–Crippen LogP) is 1.58. The summed E-state index contributed by atoms with van der Waals surface area (Å²) in [7, 11) is 0. The molecule has 3 nitrogen and oxygen atoms in total. The van der Waals surface area contributed by atoms with Crippen molar-refractivity contribution in [2.75, 3.05) is 6.61 Å².